The molecule has 0 rings (SSSR count). The van der Waals surface area contributed by atoms with Crippen LogP contribution in [-0.4, -0.2) is 5.88 Å². The summed E-state index contributed by atoms with van der Waals surface area (Å²) in [6, 6.07) is 0. The smallest absolute Gasteiger partial charge is 0.121 e. The predicted octanol–water partition coefficient (Wildman–Crippen LogP) is 2.27. The van der Waals surface area contributed by atoms with E-state index in [1.807, 2.05) is 0 Å². The van der Waals surface area contributed by atoms with Crippen molar-refractivity contribution in [2.75, 3.05) is 5.88 Å². The lowest BCUT2D eigenvalue weighted by Crippen LogP contribution is -1.66. The maximum atomic E-state index is 12.2. The number of hydrogen-bond acceptors (Lipinski definition) is 0. The average Bonchev–Trinajstić information content (AvgIpc) is 1.85. The molecule has 0 radical (unpaired) electrons. The van der Waals surface area contributed by atoms with Gasteiger partial charge in [0.15, 0.2) is 0 Å². The number of hydrogen-bond donors (Lipinski definition) is 0. The number of allylic oxidation sites excluding steroid dienone is 4. The fourth-order valence-electron chi connectivity index (χ4n) is 0.269. The zero-order valence-electron chi connectivity index (χ0n) is 4.77. The Hall–Kier alpha value is -0.740. The highest BCUT2D eigenvalue weighted by Crippen LogP contribution is 1.97. The minimum absolute atomic E-state index is 0.167. The van der Waals surface area contributed by atoms with Crippen LogP contribution in [0.4, 0.5) is 4.39 Å². The van der Waals surface area contributed by atoms with Crippen LogP contribution < -0.4 is 0 Å². The van der Waals surface area contributed by atoms with Crippen LogP contribution in [0.2, 0.25) is 0 Å². The summed E-state index contributed by atoms with van der Waals surface area (Å²) in [5.41, 5.74) is 0. The summed E-state index contributed by atoms with van der Waals surface area (Å²) in [5.74, 6) is 1.92. The van der Waals surface area contributed by atoms with E-state index in [4.69, 9.17) is 18.0 Å². The Morgan fingerprint density at radius 3 is 2.89 bits per heavy atom. The Morgan fingerprint density at radius 2 is 2.44 bits per heavy atom. The third-order valence-electron chi connectivity index (χ3n) is 0.611. The first-order chi connectivity index (χ1) is 4.31. The van der Waals surface area contributed by atoms with Gasteiger partial charge in [0.25, 0.3) is 0 Å². The van der Waals surface area contributed by atoms with Crippen LogP contribution in [0.3, 0.4) is 0 Å². The quantitative estimate of drug-likeness (QED) is 0.317. The molecule has 0 aromatic carbocycles. The van der Waals surface area contributed by atoms with Gasteiger partial charge in [-0.3, -0.25) is 0 Å². The lowest BCUT2D eigenvalue weighted by molar-refractivity contribution is 0.665. The summed E-state index contributed by atoms with van der Waals surface area (Å²) in [5, 5.41) is 0. The SMILES string of the molecule is C#C/C=C\C(F)=C/CCl. The average molecular weight is 145 g/mol. The molecular weight excluding hydrogens is 139 g/mol. The van der Waals surface area contributed by atoms with E-state index in [0.717, 1.165) is 0 Å². The molecular formula is C7H6ClF. The van der Waals surface area contributed by atoms with Crippen molar-refractivity contribution >= 4 is 11.6 Å². The second kappa shape index (κ2) is 5.40. The van der Waals surface area contributed by atoms with Gasteiger partial charge in [-0.05, 0) is 18.2 Å². The fourth-order valence-corrected chi connectivity index (χ4v) is 0.417. The molecule has 0 nitrogen and oxygen atoms in total. The molecule has 0 atom stereocenters. The Bertz CT molecular complexity index is 162. The third kappa shape index (κ3) is 5.13. The van der Waals surface area contributed by atoms with Crippen LogP contribution in [0.25, 0.3) is 0 Å². The van der Waals surface area contributed by atoms with E-state index in [1.165, 1.54) is 18.2 Å². The summed E-state index contributed by atoms with van der Waals surface area (Å²) >= 11 is 5.17. The van der Waals surface area contributed by atoms with Crippen molar-refractivity contribution in [2.24, 2.45) is 0 Å². The second-order valence-corrected chi connectivity index (χ2v) is 1.55. The highest BCUT2D eigenvalue weighted by molar-refractivity contribution is 6.18. The maximum absolute atomic E-state index is 12.2. The van der Waals surface area contributed by atoms with Crippen LogP contribution in [0.1, 0.15) is 0 Å². The highest BCUT2D eigenvalue weighted by Gasteiger charge is 1.81. The second-order valence-electron chi connectivity index (χ2n) is 1.24. The van der Waals surface area contributed by atoms with Gasteiger partial charge in [0.2, 0.25) is 0 Å². The largest absolute Gasteiger partial charge is 0.207 e. The molecule has 0 N–H and O–H groups in total. The highest BCUT2D eigenvalue weighted by atomic mass is 35.5. The Kier molecular flexibility index (Phi) is 4.95. The number of halogens is 2. The third-order valence-corrected chi connectivity index (χ3v) is 0.765. The number of alkyl halides is 1. The molecule has 0 unspecified atom stereocenters. The van der Waals surface area contributed by atoms with Gasteiger partial charge in [0, 0.05) is 5.88 Å². The predicted molar refractivity (Wildman–Crippen MR) is 37.9 cm³/mol. The van der Waals surface area contributed by atoms with Crippen molar-refractivity contribution in [1.29, 1.82) is 0 Å². The molecule has 0 fully saturated rings. The van der Waals surface area contributed by atoms with Crippen molar-refractivity contribution < 1.29 is 4.39 Å². The Balaban J connectivity index is 3.78. The molecule has 48 valence electrons. The first-order valence-corrected chi connectivity index (χ1v) is 2.89. The molecule has 0 aliphatic carbocycles. The van der Waals surface area contributed by atoms with Gasteiger partial charge in [-0.1, -0.05) is 5.92 Å². The molecule has 0 aromatic heterocycles. The summed E-state index contributed by atoms with van der Waals surface area (Å²) in [6.07, 6.45) is 8.50. The van der Waals surface area contributed by atoms with E-state index in [-0.39, 0.29) is 5.88 Å². The molecule has 0 spiro atoms. The summed E-state index contributed by atoms with van der Waals surface area (Å²) in [4.78, 5) is 0. The monoisotopic (exact) mass is 144 g/mol. The molecule has 0 saturated carbocycles. The molecule has 0 saturated heterocycles. The molecule has 2 heteroatoms. The summed E-state index contributed by atoms with van der Waals surface area (Å²) < 4.78 is 12.2. The van der Waals surface area contributed by atoms with Crippen molar-refractivity contribution in [3.63, 3.8) is 0 Å². The van der Waals surface area contributed by atoms with E-state index in [1.54, 1.807) is 0 Å². The molecule has 0 aliphatic heterocycles. The van der Waals surface area contributed by atoms with Crippen LogP contribution in [0.15, 0.2) is 24.1 Å². The first kappa shape index (κ1) is 8.26. The number of rotatable bonds is 2. The van der Waals surface area contributed by atoms with E-state index in [0.29, 0.717) is 0 Å². The Morgan fingerprint density at radius 1 is 1.78 bits per heavy atom. The summed E-state index contributed by atoms with van der Waals surface area (Å²) in [6.45, 7) is 0. The van der Waals surface area contributed by atoms with E-state index in [2.05, 4.69) is 5.92 Å². The summed E-state index contributed by atoms with van der Waals surface area (Å²) in [7, 11) is 0. The molecule has 0 heterocycles. The van der Waals surface area contributed by atoms with Crippen LogP contribution in [0, 0.1) is 12.3 Å². The van der Waals surface area contributed by atoms with Gasteiger partial charge < -0.3 is 0 Å². The van der Waals surface area contributed by atoms with Gasteiger partial charge in [-0.25, -0.2) is 4.39 Å². The molecule has 0 bridgehead atoms. The Labute approximate surface area is 59.0 Å². The zero-order chi connectivity index (χ0) is 7.11. The minimum Gasteiger partial charge on any atom is -0.207 e. The molecule has 0 aliphatic rings. The molecule has 9 heavy (non-hydrogen) atoms. The van der Waals surface area contributed by atoms with E-state index >= 15 is 0 Å². The van der Waals surface area contributed by atoms with E-state index in [9.17, 15) is 4.39 Å². The van der Waals surface area contributed by atoms with Crippen molar-refractivity contribution in [3.8, 4) is 12.3 Å². The van der Waals surface area contributed by atoms with Gasteiger partial charge in [-0.2, -0.15) is 0 Å². The maximum Gasteiger partial charge on any atom is 0.121 e. The minimum atomic E-state index is -0.400. The lowest BCUT2D eigenvalue weighted by Gasteiger charge is -1.79. The van der Waals surface area contributed by atoms with Crippen LogP contribution >= 0.6 is 11.6 Å². The topological polar surface area (TPSA) is 0 Å². The first-order valence-electron chi connectivity index (χ1n) is 2.35. The zero-order valence-corrected chi connectivity index (χ0v) is 5.53. The van der Waals surface area contributed by atoms with Gasteiger partial charge in [-0.15, -0.1) is 18.0 Å². The van der Waals surface area contributed by atoms with Gasteiger partial charge >= 0.3 is 0 Å². The van der Waals surface area contributed by atoms with Gasteiger partial charge in [0.1, 0.15) is 5.83 Å². The lowest BCUT2D eigenvalue weighted by atomic mass is 10.4. The van der Waals surface area contributed by atoms with Gasteiger partial charge in [0.05, 0.1) is 0 Å². The fraction of sp³-hybridized carbons (Fsp3) is 0.143. The van der Waals surface area contributed by atoms with Crippen LogP contribution in [-0.2, 0) is 0 Å². The molecule has 0 amide bonds. The van der Waals surface area contributed by atoms with Crippen molar-refractivity contribution in [3.05, 3.63) is 24.1 Å². The molecule has 0 aromatic rings. The van der Waals surface area contributed by atoms with Crippen molar-refractivity contribution in [2.45, 2.75) is 0 Å². The van der Waals surface area contributed by atoms with Crippen LogP contribution in [0.5, 0.6) is 0 Å². The number of terminal acetylenes is 1. The standard InChI is InChI=1S/C7H6ClF/c1-2-3-4-7(9)5-6-8/h1,3-5H,6H2/b4-3-,7-5+. The normalized spacial score (nSPS) is 11.9. The van der Waals surface area contributed by atoms with Crippen molar-refractivity contribution in [1.82, 2.24) is 0 Å². The van der Waals surface area contributed by atoms with E-state index < -0.39 is 5.83 Å².